The largest absolute Gasteiger partial charge is 0.444 e. The molecule has 0 aromatic heterocycles. The van der Waals surface area contributed by atoms with Crippen molar-refractivity contribution in [3.63, 3.8) is 0 Å². The molecule has 154 valence electrons. The predicted octanol–water partition coefficient (Wildman–Crippen LogP) is 4.28. The number of carbonyl (C=O) groups excluding carboxylic acids is 2. The summed E-state index contributed by atoms with van der Waals surface area (Å²) in [5.41, 5.74) is 3.06. The summed E-state index contributed by atoms with van der Waals surface area (Å²) in [5.74, 6) is 0.408. The van der Waals surface area contributed by atoms with Gasteiger partial charge in [-0.15, -0.1) is 0 Å². The number of amides is 2. The maximum Gasteiger partial charge on any atom is 0.410 e. The highest BCUT2D eigenvalue weighted by molar-refractivity contribution is 5.94. The molecule has 5 nitrogen and oxygen atoms in total. The SMILES string of the molecule is CN(CC1CCCN(C(=O)c2ccc3c(c2)CCCC3)C1)C(=O)OC(C)(C)C. The average Bonchev–Trinajstić information content (AvgIpc) is 2.66. The summed E-state index contributed by atoms with van der Waals surface area (Å²) in [7, 11) is 1.78. The number of benzene rings is 1. The Morgan fingerprint density at radius 2 is 1.86 bits per heavy atom. The molecule has 1 aromatic rings. The van der Waals surface area contributed by atoms with Gasteiger partial charge in [0.1, 0.15) is 5.60 Å². The molecule has 0 bridgehead atoms. The van der Waals surface area contributed by atoms with E-state index in [-0.39, 0.29) is 17.9 Å². The second-order valence-corrected chi connectivity index (χ2v) is 9.31. The fourth-order valence-corrected chi connectivity index (χ4v) is 4.25. The van der Waals surface area contributed by atoms with Crippen molar-refractivity contribution in [2.75, 3.05) is 26.7 Å². The fourth-order valence-electron chi connectivity index (χ4n) is 4.25. The lowest BCUT2D eigenvalue weighted by Crippen LogP contribution is -2.45. The van der Waals surface area contributed by atoms with Gasteiger partial charge in [0.25, 0.3) is 5.91 Å². The van der Waals surface area contributed by atoms with Gasteiger partial charge in [0.15, 0.2) is 0 Å². The monoisotopic (exact) mass is 386 g/mol. The third-order valence-electron chi connectivity index (χ3n) is 5.64. The van der Waals surface area contributed by atoms with Crippen molar-refractivity contribution in [1.29, 1.82) is 0 Å². The number of hydrogen-bond acceptors (Lipinski definition) is 3. The van der Waals surface area contributed by atoms with Crippen LogP contribution in [-0.2, 0) is 17.6 Å². The molecule has 0 N–H and O–H groups in total. The molecule has 0 radical (unpaired) electrons. The Balaban J connectivity index is 1.60. The van der Waals surface area contributed by atoms with Gasteiger partial charge in [-0.05, 0) is 88.5 Å². The third kappa shape index (κ3) is 5.27. The van der Waals surface area contributed by atoms with Crippen LogP contribution in [0.1, 0.15) is 67.9 Å². The van der Waals surface area contributed by atoms with Crippen LogP contribution in [0.15, 0.2) is 18.2 Å². The van der Waals surface area contributed by atoms with Crippen molar-refractivity contribution in [3.8, 4) is 0 Å². The van der Waals surface area contributed by atoms with Crippen molar-refractivity contribution in [3.05, 3.63) is 34.9 Å². The quantitative estimate of drug-likeness (QED) is 0.779. The summed E-state index contributed by atoms with van der Waals surface area (Å²) in [6, 6.07) is 6.23. The smallest absolute Gasteiger partial charge is 0.410 e. The Morgan fingerprint density at radius 3 is 2.57 bits per heavy atom. The van der Waals surface area contributed by atoms with E-state index >= 15 is 0 Å². The number of aryl methyl sites for hydroxylation is 2. The van der Waals surface area contributed by atoms with Crippen LogP contribution in [0.4, 0.5) is 4.79 Å². The van der Waals surface area contributed by atoms with E-state index < -0.39 is 5.60 Å². The van der Waals surface area contributed by atoms with E-state index in [1.165, 1.54) is 24.0 Å². The van der Waals surface area contributed by atoms with Crippen molar-refractivity contribution in [2.45, 2.75) is 64.9 Å². The number of rotatable bonds is 3. The van der Waals surface area contributed by atoms with E-state index in [2.05, 4.69) is 12.1 Å². The van der Waals surface area contributed by atoms with Crippen LogP contribution >= 0.6 is 0 Å². The maximum atomic E-state index is 13.1. The van der Waals surface area contributed by atoms with Gasteiger partial charge in [-0.3, -0.25) is 4.79 Å². The zero-order chi connectivity index (χ0) is 20.3. The van der Waals surface area contributed by atoms with E-state index in [0.717, 1.165) is 37.8 Å². The summed E-state index contributed by atoms with van der Waals surface area (Å²) in [6.07, 6.45) is 6.38. The molecular formula is C23H34N2O3. The van der Waals surface area contributed by atoms with Crippen LogP contribution in [0.25, 0.3) is 0 Å². The van der Waals surface area contributed by atoms with Gasteiger partial charge in [0.2, 0.25) is 0 Å². The lowest BCUT2D eigenvalue weighted by atomic mass is 9.90. The molecular weight excluding hydrogens is 352 g/mol. The van der Waals surface area contributed by atoms with Crippen molar-refractivity contribution >= 4 is 12.0 Å². The third-order valence-corrected chi connectivity index (χ3v) is 5.64. The highest BCUT2D eigenvalue weighted by atomic mass is 16.6. The summed E-state index contributed by atoms with van der Waals surface area (Å²) >= 11 is 0. The topological polar surface area (TPSA) is 49.9 Å². The molecule has 0 spiro atoms. The molecule has 1 atom stereocenters. The number of fused-ring (bicyclic) bond motifs is 1. The van der Waals surface area contributed by atoms with Crippen molar-refractivity contribution < 1.29 is 14.3 Å². The zero-order valence-corrected chi connectivity index (χ0v) is 17.8. The molecule has 28 heavy (non-hydrogen) atoms. The minimum Gasteiger partial charge on any atom is -0.444 e. The minimum absolute atomic E-state index is 0.123. The van der Waals surface area contributed by atoms with Crippen LogP contribution < -0.4 is 0 Å². The van der Waals surface area contributed by atoms with E-state index in [1.54, 1.807) is 11.9 Å². The van der Waals surface area contributed by atoms with Crippen LogP contribution in [0, 0.1) is 5.92 Å². The van der Waals surface area contributed by atoms with Gasteiger partial charge in [-0.1, -0.05) is 6.07 Å². The molecule has 1 unspecified atom stereocenters. The lowest BCUT2D eigenvalue weighted by Gasteiger charge is -2.35. The number of nitrogens with zero attached hydrogens (tertiary/aromatic N) is 2. The van der Waals surface area contributed by atoms with Crippen LogP contribution in [0.3, 0.4) is 0 Å². The standard InChI is InChI=1S/C23H34N2O3/c1-23(2,3)28-22(27)24(4)15-17-8-7-13-25(16-17)21(26)20-12-11-18-9-5-6-10-19(18)14-20/h11-12,14,17H,5-10,13,15-16H2,1-4H3. The second-order valence-electron chi connectivity index (χ2n) is 9.31. The molecule has 3 rings (SSSR count). The zero-order valence-electron chi connectivity index (χ0n) is 17.8. The molecule has 1 saturated heterocycles. The first-order chi connectivity index (χ1) is 13.2. The van der Waals surface area contributed by atoms with Crippen LogP contribution in [-0.4, -0.2) is 54.1 Å². The Morgan fingerprint density at radius 1 is 1.14 bits per heavy atom. The molecule has 2 aliphatic rings. The van der Waals surface area contributed by atoms with Crippen LogP contribution in [0.5, 0.6) is 0 Å². The minimum atomic E-state index is -0.494. The predicted molar refractivity (Wildman–Crippen MR) is 111 cm³/mol. The van der Waals surface area contributed by atoms with E-state index in [0.29, 0.717) is 13.1 Å². The number of likely N-dealkylation sites (tertiary alicyclic amines) is 1. The highest BCUT2D eigenvalue weighted by Crippen LogP contribution is 2.25. The molecule has 1 fully saturated rings. The lowest BCUT2D eigenvalue weighted by molar-refractivity contribution is 0.0244. The van der Waals surface area contributed by atoms with Gasteiger partial charge < -0.3 is 14.5 Å². The summed E-state index contributed by atoms with van der Waals surface area (Å²) in [4.78, 5) is 28.9. The van der Waals surface area contributed by atoms with Gasteiger partial charge in [0, 0.05) is 32.2 Å². The van der Waals surface area contributed by atoms with Gasteiger partial charge >= 0.3 is 6.09 Å². The first kappa shape index (κ1) is 20.7. The molecule has 0 saturated carbocycles. The molecule has 2 amide bonds. The first-order valence-corrected chi connectivity index (χ1v) is 10.6. The van der Waals surface area contributed by atoms with Gasteiger partial charge in [-0.25, -0.2) is 4.79 Å². The molecule has 1 aliphatic heterocycles. The van der Waals surface area contributed by atoms with Crippen LogP contribution in [0.2, 0.25) is 0 Å². The Hall–Kier alpha value is -2.04. The number of carbonyl (C=O) groups is 2. The number of piperidine rings is 1. The van der Waals surface area contributed by atoms with E-state index in [1.807, 2.05) is 31.7 Å². The average molecular weight is 387 g/mol. The first-order valence-electron chi connectivity index (χ1n) is 10.6. The van der Waals surface area contributed by atoms with Gasteiger partial charge in [-0.2, -0.15) is 0 Å². The Labute approximate surface area is 169 Å². The molecule has 1 aromatic carbocycles. The Kier molecular flexibility index (Phi) is 6.31. The second kappa shape index (κ2) is 8.54. The Bertz CT molecular complexity index is 723. The van der Waals surface area contributed by atoms with Gasteiger partial charge in [0.05, 0.1) is 0 Å². The van der Waals surface area contributed by atoms with Crippen molar-refractivity contribution in [2.24, 2.45) is 5.92 Å². The maximum absolute atomic E-state index is 13.1. The van der Waals surface area contributed by atoms with E-state index in [9.17, 15) is 9.59 Å². The molecule has 5 heteroatoms. The molecule has 1 aliphatic carbocycles. The van der Waals surface area contributed by atoms with E-state index in [4.69, 9.17) is 4.74 Å². The highest BCUT2D eigenvalue weighted by Gasteiger charge is 2.28. The summed E-state index contributed by atoms with van der Waals surface area (Å²) in [6.45, 7) is 7.73. The summed E-state index contributed by atoms with van der Waals surface area (Å²) in [5, 5.41) is 0. The number of hydrogen-bond donors (Lipinski definition) is 0. The fraction of sp³-hybridized carbons (Fsp3) is 0.652. The van der Waals surface area contributed by atoms with Crippen molar-refractivity contribution in [1.82, 2.24) is 9.80 Å². The summed E-state index contributed by atoms with van der Waals surface area (Å²) < 4.78 is 5.44. The normalized spacial score (nSPS) is 19.7. The molecule has 1 heterocycles. The number of ether oxygens (including phenoxy) is 1.